The Morgan fingerprint density at radius 1 is 0.923 bits per heavy atom. The number of aromatic nitrogens is 4. The second-order valence-corrected chi connectivity index (χ2v) is 5.52. The fourth-order valence-corrected chi connectivity index (χ4v) is 2.49. The van der Waals surface area contributed by atoms with Gasteiger partial charge in [0.15, 0.2) is 0 Å². The Hall–Kier alpha value is -3.48. The molecule has 7 heteroatoms. The maximum Gasteiger partial charge on any atom is 0.247 e. The van der Waals surface area contributed by atoms with E-state index in [0.717, 1.165) is 16.9 Å². The molecule has 0 amide bonds. The van der Waals surface area contributed by atoms with Gasteiger partial charge in [-0.25, -0.2) is 0 Å². The van der Waals surface area contributed by atoms with Crippen LogP contribution in [-0.4, -0.2) is 26.9 Å². The van der Waals surface area contributed by atoms with Crippen LogP contribution < -0.4 is 4.74 Å². The first-order valence-electron chi connectivity index (χ1n) is 8.25. The predicted octanol–water partition coefficient (Wildman–Crippen LogP) is 3.78. The Kier molecular flexibility index (Phi) is 4.42. The monoisotopic (exact) mass is 348 g/mol. The molecule has 130 valence electrons. The van der Waals surface area contributed by atoms with Crippen LogP contribution in [0.25, 0.3) is 22.8 Å². The molecule has 2 heterocycles. The lowest BCUT2D eigenvalue weighted by molar-refractivity contribution is 0.340. The van der Waals surface area contributed by atoms with E-state index in [-0.39, 0.29) is 6.42 Å². The SMILES string of the molecule is CCOc1cccc(-c2noc(Cc3nnc(-c4ccccc4)o3)n2)c1. The quantitative estimate of drug-likeness (QED) is 0.524. The molecule has 2 aromatic heterocycles. The minimum Gasteiger partial charge on any atom is -0.494 e. The van der Waals surface area contributed by atoms with Gasteiger partial charge in [-0.15, -0.1) is 10.2 Å². The van der Waals surface area contributed by atoms with Crippen molar-refractivity contribution in [3.63, 3.8) is 0 Å². The number of nitrogens with zero attached hydrogens (tertiary/aromatic N) is 4. The summed E-state index contributed by atoms with van der Waals surface area (Å²) in [6.45, 7) is 2.54. The Balaban J connectivity index is 1.51. The molecule has 0 radical (unpaired) electrons. The third-order valence-corrected chi connectivity index (χ3v) is 3.66. The standard InChI is InChI=1S/C19H16N4O3/c1-2-24-15-10-6-9-14(11-15)18-20-16(26-23-18)12-17-21-22-19(25-17)13-7-4-3-5-8-13/h3-11H,2,12H2,1H3. The lowest BCUT2D eigenvalue weighted by Crippen LogP contribution is -1.92. The lowest BCUT2D eigenvalue weighted by Gasteiger charge is -2.02. The summed E-state index contributed by atoms with van der Waals surface area (Å²) >= 11 is 0. The predicted molar refractivity (Wildman–Crippen MR) is 93.4 cm³/mol. The van der Waals surface area contributed by atoms with E-state index in [9.17, 15) is 0 Å². The van der Waals surface area contributed by atoms with Crippen LogP contribution in [0, 0.1) is 0 Å². The Bertz CT molecular complexity index is 995. The molecule has 0 saturated heterocycles. The van der Waals surface area contributed by atoms with Crippen molar-refractivity contribution in [1.82, 2.24) is 20.3 Å². The highest BCUT2D eigenvalue weighted by molar-refractivity contribution is 5.57. The minimum atomic E-state index is 0.276. The van der Waals surface area contributed by atoms with Crippen molar-refractivity contribution in [1.29, 1.82) is 0 Å². The van der Waals surface area contributed by atoms with Gasteiger partial charge in [0.1, 0.15) is 12.2 Å². The van der Waals surface area contributed by atoms with Crippen molar-refractivity contribution in [2.24, 2.45) is 0 Å². The van der Waals surface area contributed by atoms with Crippen LogP contribution in [0.1, 0.15) is 18.7 Å². The summed E-state index contributed by atoms with van der Waals surface area (Å²) in [4.78, 5) is 4.40. The molecule has 0 N–H and O–H groups in total. The second kappa shape index (κ2) is 7.18. The van der Waals surface area contributed by atoms with Gasteiger partial charge in [-0.2, -0.15) is 4.98 Å². The third-order valence-electron chi connectivity index (χ3n) is 3.66. The molecule has 0 bridgehead atoms. The van der Waals surface area contributed by atoms with Crippen molar-refractivity contribution in [3.05, 3.63) is 66.4 Å². The van der Waals surface area contributed by atoms with Gasteiger partial charge in [0.25, 0.3) is 0 Å². The molecule has 0 aliphatic heterocycles. The number of hydrogen-bond donors (Lipinski definition) is 0. The van der Waals surface area contributed by atoms with Gasteiger partial charge in [0, 0.05) is 11.1 Å². The first kappa shape index (κ1) is 16.0. The average Bonchev–Trinajstić information content (AvgIpc) is 3.33. The highest BCUT2D eigenvalue weighted by atomic mass is 16.5. The summed E-state index contributed by atoms with van der Waals surface area (Å²) in [5, 5.41) is 12.1. The molecule has 7 nitrogen and oxygen atoms in total. The number of ether oxygens (including phenoxy) is 1. The summed E-state index contributed by atoms with van der Waals surface area (Å²) in [7, 11) is 0. The molecule has 0 atom stereocenters. The molecule has 2 aromatic carbocycles. The largest absolute Gasteiger partial charge is 0.494 e. The molecule has 0 aliphatic rings. The average molecular weight is 348 g/mol. The van der Waals surface area contributed by atoms with Crippen LogP contribution in [0.4, 0.5) is 0 Å². The highest BCUT2D eigenvalue weighted by Gasteiger charge is 2.14. The Morgan fingerprint density at radius 2 is 1.77 bits per heavy atom. The van der Waals surface area contributed by atoms with Gasteiger partial charge in [-0.05, 0) is 31.2 Å². The number of hydrogen-bond acceptors (Lipinski definition) is 7. The molecule has 0 spiro atoms. The van der Waals surface area contributed by atoms with E-state index >= 15 is 0 Å². The number of benzene rings is 2. The summed E-state index contributed by atoms with van der Waals surface area (Å²) in [5.41, 5.74) is 1.69. The summed E-state index contributed by atoms with van der Waals surface area (Å²) in [6.07, 6.45) is 0.276. The highest BCUT2D eigenvalue weighted by Crippen LogP contribution is 2.23. The van der Waals surface area contributed by atoms with Gasteiger partial charge in [-0.1, -0.05) is 35.5 Å². The lowest BCUT2D eigenvalue weighted by atomic mass is 10.2. The molecule has 0 unspecified atom stereocenters. The second-order valence-electron chi connectivity index (χ2n) is 5.52. The van der Waals surface area contributed by atoms with Crippen LogP contribution in [0.2, 0.25) is 0 Å². The van der Waals surface area contributed by atoms with Crippen LogP contribution >= 0.6 is 0 Å². The molecular weight excluding hydrogens is 332 g/mol. The van der Waals surface area contributed by atoms with E-state index in [0.29, 0.717) is 30.1 Å². The Morgan fingerprint density at radius 3 is 2.62 bits per heavy atom. The maximum atomic E-state index is 5.67. The zero-order chi connectivity index (χ0) is 17.8. The molecule has 0 aliphatic carbocycles. The third kappa shape index (κ3) is 3.46. The molecule has 0 fully saturated rings. The van der Waals surface area contributed by atoms with E-state index in [1.165, 1.54) is 0 Å². The van der Waals surface area contributed by atoms with Crippen molar-refractivity contribution in [2.75, 3.05) is 6.61 Å². The first-order chi connectivity index (χ1) is 12.8. The summed E-state index contributed by atoms with van der Waals surface area (Å²) in [6, 6.07) is 17.1. The van der Waals surface area contributed by atoms with Gasteiger partial charge in [-0.3, -0.25) is 0 Å². The van der Waals surface area contributed by atoms with Crippen molar-refractivity contribution in [2.45, 2.75) is 13.3 Å². The van der Waals surface area contributed by atoms with E-state index in [2.05, 4.69) is 20.3 Å². The fraction of sp³-hybridized carbons (Fsp3) is 0.158. The smallest absolute Gasteiger partial charge is 0.247 e. The van der Waals surface area contributed by atoms with Crippen LogP contribution in [0.3, 0.4) is 0 Å². The molecule has 0 saturated carbocycles. The maximum absolute atomic E-state index is 5.67. The Labute approximate surface area is 149 Å². The topological polar surface area (TPSA) is 87.1 Å². The normalized spacial score (nSPS) is 10.8. The van der Waals surface area contributed by atoms with Crippen LogP contribution in [0.15, 0.2) is 63.5 Å². The minimum absolute atomic E-state index is 0.276. The zero-order valence-corrected chi connectivity index (χ0v) is 14.1. The van der Waals surface area contributed by atoms with Crippen molar-refractivity contribution in [3.8, 4) is 28.6 Å². The van der Waals surface area contributed by atoms with Gasteiger partial charge < -0.3 is 13.7 Å². The molecule has 26 heavy (non-hydrogen) atoms. The van der Waals surface area contributed by atoms with Gasteiger partial charge >= 0.3 is 0 Å². The van der Waals surface area contributed by atoms with Crippen molar-refractivity contribution < 1.29 is 13.7 Å². The molecule has 4 aromatic rings. The first-order valence-corrected chi connectivity index (χ1v) is 8.25. The van der Waals surface area contributed by atoms with E-state index in [4.69, 9.17) is 13.7 Å². The fourth-order valence-electron chi connectivity index (χ4n) is 2.49. The van der Waals surface area contributed by atoms with E-state index in [1.54, 1.807) is 0 Å². The summed E-state index contributed by atoms with van der Waals surface area (Å²) < 4.78 is 16.5. The van der Waals surface area contributed by atoms with Crippen molar-refractivity contribution >= 4 is 0 Å². The van der Waals surface area contributed by atoms with Gasteiger partial charge in [0.2, 0.25) is 23.5 Å². The molecular formula is C19H16N4O3. The van der Waals surface area contributed by atoms with Crippen LogP contribution in [0.5, 0.6) is 5.75 Å². The zero-order valence-electron chi connectivity index (χ0n) is 14.1. The van der Waals surface area contributed by atoms with E-state index < -0.39 is 0 Å². The molecule has 4 rings (SSSR count). The van der Waals surface area contributed by atoms with E-state index in [1.807, 2.05) is 61.5 Å². The van der Waals surface area contributed by atoms with Gasteiger partial charge in [0.05, 0.1) is 6.61 Å². The number of rotatable bonds is 6. The van der Waals surface area contributed by atoms with Crippen LogP contribution in [-0.2, 0) is 6.42 Å². The summed E-state index contributed by atoms with van der Waals surface area (Å²) in [5.74, 6) is 2.54.